The van der Waals surface area contributed by atoms with Crippen molar-refractivity contribution in [1.29, 1.82) is 0 Å². The Morgan fingerprint density at radius 2 is 1.77 bits per heavy atom. The predicted octanol–water partition coefficient (Wildman–Crippen LogP) is 4.51. The van der Waals surface area contributed by atoms with Gasteiger partial charge in [-0.25, -0.2) is 0 Å². The molecule has 2 fully saturated rings. The molecule has 2 saturated heterocycles. The van der Waals surface area contributed by atoms with Gasteiger partial charge in [0, 0.05) is 44.0 Å². The van der Waals surface area contributed by atoms with Gasteiger partial charge in [0.25, 0.3) is 0 Å². The van der Waals surface area contributed by atoms with Gasteiger partial charge < -0.3 is 4.90 Å². The highest BCUT2D eigenvalue weighted by atomic mass is 35.5. The van der Waals surface area contributed by atoms with Gasteiger partial charge in [-0.1, -0.05) is 12.1 Å². The van der Waals surface area contributed by atoms with Gasteiger partial charge in [-0.15, -0.1) is 24.8 Å². The topological polar surface area (TPSA) is 19.4 Å². The van der Waals surface area contributed by atoms with Crippen LogP contribution in [-0.4, -0.2) is 42.1 Å². The van der Waals surface area contributed by atoms with Gasteiger partial charge in [-0.3, -0.25) is 9.88 Å². The lowest BCUT2D eigenvalue weighted by Crippen LogP contribution is -2.46. The lowest BCUT2D eigenvalue weighted by atomic mass is 10.0. The number of aromatic nitrogens is 1. The molecule has 0 spiro atoms. The zero-order chi connectivity index (χ0) is 16.7. The molecule has 1 aromatic carbocycles. The van der Waals surface area contributed by atoms with E-state index in [4.69, 9.17) is 0 Å². The van der Waals surface area contributed by atoms with E-state index in [0.717, 1.165) is 49.9 Å². The highest BCUT2D eigenvalue weighted by molar-refractivity contribution is 5.85. The minimum absolute atomic E-state index is 0. The summed E-state index contributed by atoms with van der Waals surface area (Å²) >= 11 is 0. The van der Waals surface area contributed by atoms with Crippen LogP contribution in [0, 0.1) is 0 Å². The van der Waals surface area contributed by atoms with Crippen LogP contribution in [0.3, 0.4) is 0 Å². The van der Waals surface area contributed by atoms with E-state index in [1.807, 2.05) is 12.3 Å². The van der Waals surface area contributed by atoms with E-state index in [1.54, 1.807) is 12.3 Å². The quantitative estimate of drug-likeness (QED) is 0.732. The fraction of sp³-hybridized carbons (Fsp3) is 0.389. The van der Waals surface area contributed by atoms with E-state index < -0.39 is 11.7 Å². The molecule has 2 aliphatic rings. The number of hydrogen-bond donors (Lipinski definition) is 0. The SMILES string of the molecule is Cl.Cl.FC(F)(F)c1cccc(-c2cncc(N3CCN4CCC3C4)c2)c1. The number of alkyl halides is 3. The van der Waals surface area contributed by atoms with E-state index in [2.05, 4.69) is 14.8 Å². The molecular weight excluding hydrogens is 386 g/mol. The average Bonchev–Trinajstić information content (AvgIpc) is 2.95. The Balaban J connectivity index is 0.00000121. The predicted molar refractivity (Wildman–Crippen MR) is 101 cm³/mol. The van der Waals surface area contributed by atoms with Crippen molar-refractivity contribution in [2.75, 3.05) is 31.1 Å². The maximum Gasteiger partial charge on any atom is 0.416 e. The van der Waals surface area contributed by atoms with Crippen molar-refractivity contribution >= 4 is 30.5 Å². The van der Waals surface area contributed by atoms with Crippen molar-refractivity contribution in [2.24, 2.45) is 0 Å². The Bertz CT molecular complexity index is 754. The van der Waals surface area contributed by atoms with E-state index >= 15 is 0 Å². The molecule has 2 bridgehead atoms. The zero-order valence-electron chi connectivity index (χ0n) is 13.9. The average molecular weight is 406 g/mol. The second-order valence-electron chi connectivity index (χ2n) is 6.45. The van der Waals surface area contributed by atoms with Crippen LogP contribution in [0.25, 0.3) is 11.1 Å². The zero-order valence-corrected chi connectivity index (χ0v) is 15.6. The van der Waals surface area contributed by atoms with Crippen LogP contribution in [0.1, 0.15) is 12.0 Å². The molecule has 4 rings (SSSR count). The maximum atomic E-state index is 12.9. The summed E-state index contributed by atoms with van der Waals surface area (Å²) in [6, 6.07) is 7.87. The monoisotopic (exact) mass is 405 g/mol. The van der Waals surface area contributed by atoms with Gasteiger partial charge in [-0.05, 0) is 30.2 Å². The van der Waals surface area contributed by atoms with Crippen LogP contribution in [0.4, 0.5) is 18.9 Å². The van der Waals surface area contributed by atoms with Crippen LogP contribution in [0.5, 0.6) is 0 Å². The Kier molecular flexibility index (Phi) is 6.42. The minimum Gasteiger partial charge on any atom is -0.365 e. The second kappa shape index (κ2) is 8.03. The van der Waals surface area contributed by atoms with Crippen LogP contribution in [-0.2, 0) is 6.18 Å². The summed E-state index contributed by atoms with van der Waals surface area (Å²) in [5.41, 5.74) is 1.63. The molecule has 2 aliphatic heterocycles. The van der Waals surface area contributed by atoms with Crippen LogP contribution in [0.2, 0.25) is 0 Å². The summed E-state index contributed by atoms with van der Waals surface area (Å²) in [5.74, 6) is 0. The van der Waals surface area contributed by atoms with Crippen LogP contribution >= 0.6 is 24.8 Å². The van der Waals surface area contributed by atoms with Gasteiger partial charge >= 0.3 is 6.18 Å². The number of anilines is 1. The van der Waals surface area contributed by atoms with Gasteiger partial charge in [0.15, 0.2) is 0 Å². The molecule has 2 atom stereocenters. The molecule has 0 radical (unpaired) electrons. The van der Waals surface area contributed by atoms with E-state index in [9.17, 15) is 13.2 Å². The number of nitrogens with zero attached hydrogens (tertiary/aromatic N) is 3. The lowest BCUT2D eigenvalue weighted by molar-refractivity contribution is -0.137. The van der Waals surface area contributed by atoms with Crippen LogP contribution in [0.15, 0.2) is 42.7 Å². The second-order valence-corrected chi connectivity index (χ2v) is 6.45. The molecule has 0 saturated carbocycles. The minimum atomic E-state index is -4.33. The van der Waals surface area contributed by atoms with E-state index in [1.165, 1.54) is 12.1 Å². The van der Waals surface area contributed by atoms with Crippen molar-refractivity contribution in [3.8, 4) is 11.1 Å². The van der Waals surface area contributed by atoms with Gasteiger partial charge in [0.1, 0.15) is 0 Å². The number of hydrogen-bond acceptors (Lipinski definition) is 3. The highest BCUT2D eigenvalue weighted by Crippen LogP contribution is 2.33. The molecular formula is C18H20Cl2F3N3. The number of halogens is 5. The molecule has 2 unspecified atom stereocenters. The van der Waals surface area contributed by atoms with Crippen LogP contribution < -0.4 is 4.90 Å². The standard InChI is InChI=1S/C18H18F3N3.2ClH/c19-18(20,21)15-3-1-2-13(8-15)14-9-17(11-22-10-14)24-7-6-23-5-4-16(24)12-23;;/h1-3,8-11,16H,4-7,12H2;2*1H. The number of piperazine rings is 1. The number of fused-ring (bicyclic) bond motifs is 2. The largest absolute Gasteiger partial charge is 0.416 e. The summed E-state index contributed by atoms with van der Waals surface area (Å²) in [5, 5.41) is 0. The first kappa shape index (κ1) is 20.8. The molecule has 3 nitrogen and oxygen atoms in total. The smallest absolute Gasteiger partial charge is 0.365 e. The first-order valence-electron chi connectivity index (χ1n) is 8.12. The Morgan fingerprint density at radius 1 is 0.962 bits per heavy atom. The Morgan fingerprint density at radius 3 is 2.54 bits per heavy atom. The third kappa shape index (κ3) is 4.08. The number of benzene rings is 1. The summed E-state index contributed by atoms with van der Waals surface area (Å²) in [7, 11) is 0. The first-order chi connectivity index (χ1) is 11.5. The molecule has 26 heavy (non-hydrogen) atoms. The summed E-state index contributed by atoms with van der Waals surface area (Å²) < 4.78 is 38.8. The van der Waals surface area contributed by atoms with Gasteiger partial charge in [-0.2, -0.15) is 13.2 Å². The summed E-state index contributed by atoms with van der Waals surface area (Å²) in [6.45, 7) is 4.17. The van der Waals surface area contributed by atoms with Gasteiger partial charge in [0.05, 0.1) is 17.4 Å². The normalized spacial score (nSPS) is 21.7. The molecule has 1 aromatic heterocycles. The third-order valence-electron chi connectivity index (χ3n) is 4.92. The molecule has 2 aromatic rings. The van der Waals surface area contributed by atoms with Crippen molar-refractivity contribution in [3.63, 3.8) is 0 Å². The summed E-state index contributed by atoms with van der Waals surface area (Å²) in [4.78, 5) is 9.06. The third-order valence-corrected chi connectivity index (χ3v) is 4.92. The van der Waals surface area contributed by atoms with Crippen molar-refractivity contribution < 1.29 is 13.2 Å². The first-order valence-corrected chi connectivity index (χ1v) is 8.12. The molecule has 8 heteroatoms. The maximum absolute atomic E-state index is 12.9. The molecule has 0 N–H and O–H groups in total. The van der Waals surface area contributed by atoms with Gasteiger partial charge in [0.2, 0.25) is 0 Å². The van der Waals surface area contributed by atoms with E-state index in [-0.39, 0.29) is 24.8 Å². The van der Waals surface area contributed by atoms with Crippen molar-refractivity contribution in [2.45, 2.75) is 18.6 Å². The highest BCUT2D eigenvalue weighted by Gasteiger charge is 2.33. The molecule has 3 heterocycles. The van der Waals surface area contributed by atoms with Crippen molar-refractivity contribution in [3.05, 3.63) is 48.3 Å². The number of rotatable bonds is 2. The fourth-order valence-electron chi connectivity index (χ4n) is 3.66. The fourth-order valence-corrected chi connectivity index (χ4v) is 3.66. The molecule has 0 aliphatic carbocycles. The van der Waals surface area contributed by atoms with E-state index in [0.29, 0.717) is 11.6 Å². The van der Waals surface area contributed by atoms with Crippen molar-refractivity contribution in [1.82, 2.24) is 9.88 Å². The molecule has 0 amide bonds. The summed E-state index contributed by atoms with van der Waals surface area (Å²) in [6.07, 6.45) is 0.240. The number of pyridine rings is 1. The lowest BCUT2D eigenvalue weighted by Gasteiger charge is -2.36. The Hall–Kier alpha value is -1.50. The molecule has 142 valence electrons. The Labute approximate surface area is 163 Å².